The fraction of sp³-hybridized carbons (Fsp3) is 0.375. The van der Waals surface area contributed by atoms with Crippen LogP contribution >= 0.6 is 21.6 Å². The number of anilines is 4. The molecule has 0 fully saturated rings. The molecule has 0 radical (unpaired) electrons. The Labute approximate surface area is 299 Å². The van der Waals surface area contributed by atoms with Crippen LogP contribution in [-0.2, 0) is 31.4 Å². The van der Waals surface area contributed by atoms with E-state index in [-0.39, 0.29) is 52.4 Å². The topological polar surface area (TPSA) is 209 Å². The molecule has 0 aliphatic carbocycles. The SMILES string of the molecule is CC(=O)[C@H](CCN)NC(=O)CSS[C@H](C)COC(=O)N(c1ccc(C)c(S(N)(=O)=O)c1)c1nccc(N(C)c2ccc3c(C)n(C)nc3c2)n1. The number of nitrogens with two attached hydrogens (primary N) is 2. The summed E-state index contributed by atoms with van der Waals surface area (Å²) in [5.41, 5.74) is 8.67. The van der Waals surface area contributed by atoms with Crippen LogP contribution in [0.2, 0.25) is 0 Å². The van der Waals surface area contributed by atoms with Crippen molar-refractivity contribution in [1.82, 2.24) is 25.1 Å². The molecule has 0 spiro atoms. The van der Waals surface area contributed by atoms with Crippen LogP contribution in [0.25, 0.3) is 10.9 Å². The number of benzene rings is 2. The van der Waals surface area contributed by atoms with E-state index in [1.165, 1.54) is 46.8 Å². The van der Waals surface area contributed by atoms with E-state index in [4.69, 9.17) is 15.6 Å². The van der Waals surface area contributed by atoms with Gasteiger partial charge in [-0.15, -0.1) is 0 Å². The summed E-state index contributed by atoms with van der Waals surface area (Å²) < 4.78 is 32.2. The van der Waals surface area contributed by atoms with E-state index < -0.39 is 22.2 Å². The first-order valence-corrected chi connectivity index (χ1v) is 19.4. The fourth-order valence-corrected chi connectivity index (χ4v) is 7.70. The minimum atomic E-state index is -4.13. The van der Waals surface area contributed by atoms with Crippen molar-refractivity contribution in [3.63, 3.8) is 0 Å². The van der Waals surface area contributed by atoms with Crippen molar-refractivity contribution in [1.29, 1.82) is 0 Å². The molecule has 0 bridgehead atoms. The first-order valence-electron chi connectivity index (χ1n) is 15.5. The minimum Gasteiger partial charge on any atom is -0.448 e. The number of nitrogens with zero attached hydrogens (tertiary/aromatic N) is 6. The third kappa shape index (κ3) is 9.51. The van der Waals surface area contributed by atoms with Crippen molar-refractivity contribution in [2.45, 2.75) is 50.3 Å². The number of Topliss-reactive ketones (excluding diaryl/α,β-unsaturated/α-hetero) is 1. The van der Waals surface area contributed by atoms with Gasteiger partial charge in [-0.2, -0.15) is 10.1 Å². The molecule has 0 aliphatic heterocycles. The van der Waals surface area contributed by atoms with Crippen molar-refractivity contribution in [2.75, 3.05) is 35.8 Å². The molecule has 5 N–H and O–H groups in total. The van der Waals surface area contributed by atoms with Gasteiger partial charge in [0.25, 0.3) is 0 Å². The van der Waals surface area contributed by atoms with Crippen LogP contribution in [-0.4, -0.2) is 83.2 Å². The Morgan fingerprint density at radius 2 is 1.82 bits per heavy atom. The van der Waals surface area contributed by atoms with Gasteiger partial charge >= 0.3 is 6.09 Å². The van der Waals surface area contributed by atoms with Crippen LogP contribution in [0.15, 0.2) is 53.6 Å². The summed E-state index contributed by atoms with van der Waals surface area (Å²) in [5, 5.41) is 13.5. The van der Waals surface area contributed by atoms with Gasteiger partial charge in [0.05, 0.1) is 27.9 Å². The van der Waals surface area contributed by atoms with Crippen LogP contribution in [0, 0.1) is 13.8 Å². The van der Waals surface area contributed by atoms with E-state index in [0.29, 0.717) is 17.8 Å². The lowest BCUT2D eigenvalue weighted by Gasteiger charge is -2.24. The third-order valence-corrected chi connectivity index (χ3v) is 11.5. The molecule has 4 aromatic rings. The summed E-state index contributed by atoms with van der Waals surface area (Å²) in [7, 11) is 2.13. The van der Waals surface area contributed by atoms with E-state index in [9.17, 15) is 22.8 Å². The number of ether oxygens (including phenoxy) is 1. The van der Waals surface area contributed by atoms with Gasteiger partial charge in [0, 0.05) is 42.3 Å². The first-order chi connectivity index (χ1) is 23.6. The van der Waals surface area contributed by atoms with E-state index >= 15 is 0 Å². The number of aromatic nitrogens is 4. The number of sulfonamides is 1. The van der Waals surface area contributed by atoms with Gasteiger partial charge in [0.1, 0.15) is 12.4 Å². The van der Waals surface area contributed by atoms with Gasteiger partial charge in [-0.05, 0) is 82.6 Å². The second-order valence-electron chi connectivity index (χ2n) is 11.6. The predicted molar refractivity (Wildman–Crippen MR) is 197 cm³/mol. The average Bonchev–Trinajstić information content (AvgIpc) is 3.35. The van der Waals surface area contributed by atoms with Crippen LogP contribution in [0.3, 0.4) is 0 Å². The number of fused-ring (bicyclic) bond motifs is 1. The Hall–Kier alpha value is -4.23. The molecule has 0 saturated carbocycles. The highest BCUT2D eigenvalue weighted by Gasteiger charge is 2.26. The molecule has 2 atom stereocenters. The first kappa shape index (κ1) is 38.6. The lowest BCUT2D eigenvalue weighted by atomic mass is 10.1. The largest absolute Gasteiger partial charge is 0.448 e. The molecule has 2 amide bonds. The maximum Gasteiger partial charge on any atom is 0.421 e. The summed E-state index contributed by atoms with van der Waals surface area (Å²) in [6, 6.07) is 11.2. The zero-order chi connectivity index (χ0) is 36.7. The predicted octanol–water partition coefficient (Wildman–Crippen LogP) is 3.86. The lowest BCUT2D eigenvalue weighted by Crippen LogP contribution is -2.41. The van der Waals surface area contributed by atoms with Gasteiger partial charge in [-0.3, -0.25) is 14.3 Å². The highest BCUT2D eigenvalue weighted by molar-refractivity contribution is 8.77. The number of nitrogens with one attached hydrogen (secondary N) is 1. The number of primary sulfonamides is 1. The van der Waals surface area contributed by atoms with Gasteiger partial charge in [0.15, 0.2) is 5.78 Å². The zero-order valence-electron chi connectivity index (χ0n) is 28.6. The number of hydrogen-bond acceptors (Lipinski definition) is 13. The van der Waals surface area contributed by atoms with Crippen LogP contribution in [0.5, 0.6) is 0 Å². The molecule has 2 aromatic heterocycles. The maximum absolute atomic E-state index is 13.8. The molecule has 50 heavy (non-hydrogen) atoms. The molecule has 0 unspecified atom stereocenters. The monoisotopic (exact) mass is 743 g/mol. The highest BCUT2D eigenvalue weighted by Crippen LogP contribution is 2.32. The third-order valence-electron chi connectivity index (χ3n) is 7.74. The number of carbonyl (C=O) groups is 3. The van der Waals surface area contributed by atoms with Gasteiger partial charge in [-0.25, -0.2) is 28.2 Å². The summed E-state index contributed by atoms with van der Waals surface area (Å²) in [6.45, 7) is 7.01. The second kappa shape index (κ2) is 16.7. The number of carbonyl (C=O) groups excluding carboxylic acids is 3. The summed E-state index contributed by atoms with van der Waals surface area (Å²) in [6.07, 6.45) is 0.975. The van der Waals surface area contributed by atoms with Gasteiger partial charge < -0.3 is 20.7 Å². The van der Waals surface area contributed by atoms with E-state index in [2.05, 4.69) is 20.4 Å². The van der Waals surface area contributed by atoms with Crippen molar-refractivity contribution >= 4 is 83.4 Å². The lowest BCUT2D eigenvalue weighted by molar-refractivity contribution is -0.125. The quantitative estimate of drug-likeness (QED) is 0.148. The smallest absolute Gasteiger partial charge is 0.421 e. The number of ketones is 1. The molecule has 2 aromatic carbocycles. The van der Waals surface area contributed by atoms with E-state index in [1.54, 1.807) is 19.1 Å². The maximum atomic E-state index is 13.8. The summed E-state index contributed by atoms with van der Waals surface area (Å²) in [4.78, 5) is 49.5. The molecule has 15 nitrogen and oxygen atoms in total. The van der Waals surface area contributed by atoms with Crippen molar-refractivity contribution in [3.05, 3.63) is 59.9 Å². The Balaban J connectivity index is 1.55. The molecule has 4 rings (SSSR count). The highest BCUT2D eigenvalue weighted by atomic mass is 33.1. The molecular weight excluding hydrogens is 703 g/mol. The van der Waals surface area contributed by atoms with Gasteiger partial charge in [0.2, 0.25) is 21.9 Å². The minimum absolute atomic E-state index is 0.0606. The number of rotatable bonds is 15. The van der Waals surface area contributed by atoms with Crippen LogP contribution in [0.4, 0.5) is 27.9 Å². The second-order valence-corrected chi connectivity index (χ2v) is 15.9. The van der Waals surface area contributed by atoms with Crippen LogP contribution in [0.1, 0.15) is 31.5 Å². The molecule has 268 valence electrons. The van der Waals surface area contributed by atoms with Crippen molar-refractivity contribution in [2.24, 2.45) is 17.9 Å². The van der Waals surface area contributed by atoms with Gasteiger partial charge in [-0.1, -0.05) is 27.7 Å². The normalized spacial score (nSPS) is 12.7. The van der Waals surface area contributed by atoms with Crippen molar-refractivity contribution < 1.29 is 27.5 Å². The Kier molecular flexibility index (Phi) is 12.8. The average molecular weight is 744 g/mol. The number of amides is 2. The fourth-order valence-electron chi connectivity index (χ4n) is 4.90. The molecule has 0 saturated heterocycles. The summed E-state index contributed by atoms with van der Waals surface area (Å²) >= 11 is 0. The Morgan fingerprint density at radius 3 is 2.50 bits per heavy atom. The zero-order valence-corrected chi connectivity index (χ0v) is 31.1. The molecular formula is C32H41N9O6S3. The molecule has 2 heterocycles. The molecule has 0 aliphatic rings. The number of hydrogen-bond donors (Lipinski definition) is 3. The number of aryl methyl sites for hydroxylation is 3. The van der Waals surface area contributed by atoms with Crippen LogP contribution < -0.4 is 26.0 Å². The Bertz CT molecular complexity index is 1990. The Morgan fingerprint density at radius 1 is 1.10 bits per heavy atom. The van der Waals surface area contributed by atoms with E-state index in [1.807, 2.05) is 55.7 Å². The standard InChI is InChI=1S/C32H41N9O6S3/c1-19-7-8-24(16-28(19)50(34,45)46)41(32(44)47-17-20(2)49-48-18-30(43)36-26(11-13-33)22(4)42)31-35-14-12-29(37-31)39(5)23-9-10-25-21(3)40(6)38-27(25)15-23/h7-10,12,14-16,20,26H,11,13,17-18,33H2,1-6H3,(H,36,43)(H2,34,45,46)/t20-,26+/m1/s1. The molecule has 18 heteroatoms. The van der Waals surface area contributed by atoms with Crippen molar-refractivity contribution in [3.8, 4) is 0 Å². The summed E-state index contributed by atoms with van der Waals surface area (Å²) in [5.74, 6) is -0.0332. The van der Waals surface area contributed by atoms with E-state index in [0.717, 1.165) is 27.2 Å².